The number of aromatic nitrogens is 2. The van der Waals surface area contributed by atoms with E-state index in [0.29, 0.717) is 6.54 Å². The van der Waals surface area contributed by atoms with Gasteiger partial charge in [-0.05, 0) is 50.1 Å². The second-order valence-electron chi connectivity index (χ2n) is 4.99. The third kappa shape index (κ3) is 3.25. The van der Waals surface area contributed by atoms with Crippen LogP contribution >= 0.6 is 0 Å². The van der Waals surface area contributed by atoms with Crippen molar-refractivity contribution in [3.05, 3.63) is 53.1 Å². The molecule has 2 rings (SSSR count). The molecule has 3 nitrogen and oxygen atoms in total. The van der Waals surface area contributed by atoms with Crippen molar-refractivity contribution in [2.45, 2.75) is 39.2 Å². The van der Waals surface area contributed by atoms with Crippen molar-refractivity contribution in [2.75, 3.05) is 6.54 Å². The predicted octanol–water partition coefficient (Wildman–Crippen LogP) is 2.89. The second-order valence-corrected chi connectivity index (χ2v) is 4.99. The van der Waals surface area contributed by atoms with Gasteiger partial charge in [-0.15, -0.1) is 0 Å². The van der Waals surface area contributed by atoms with Gasteiger partial charge in [0.1, 0.15) is 5.82 Å². The number of halogens is 1. The molecular formula is C16H22FN3. The molecule has 20 heavy (non-hydrogen) atoms. The first kappa shape index (κ1) is 14.7. The van der Waals surface area contributed by atoms with E-state index in [0.717, 1.165) is 30.6 Å². The monoisotopic (exact) mass is 275 g/mol. The second kappa shape index (κ2) is 6.66. The lowest BCUT2D eigenvalue weighted by Crippen LogP contribution is -2.17. The van der Waals surface area contributed by atoms with Crippen molar-refractivity contribution in [3.63, 3.8) is 0 Å². The van der Waals surface area contributed by atoms with Crippen molar-refractivity contribution < 1.29 is 4.39 Å². The van der Waals surface area contributed by atoms with Gasteiger partial charge in [0.25, 0.3) is 0 Å². The number of rotatable bonds is 6. The Kier molecular flexibility index (Phi) is 4.90. The van der Waals surface area contributed by atoms with Crippen LogP contribution in [-0.4, -0.2) is 16.3 Å². The molecule has 0 saturated carbocycles. The molecule has 1 aromatic heterocycles. The summed E-state index contributed by atoms with van der Waals surface area (Å²) in [7, 11) is 0. The van der Waals surface area contributed by atoms with Crippen LogP contribution in [0.25, 0.3) is 0 Å². The highest BCUT2D eigenvalue weighted by molar-refractivity contribution is 5.24. The largest absolute Gasteiger partial charge is 0.330 e. The molecule has 2 aromatic rings. The van der Waals surface area contributed by atoms with Gasteiger partial charge in [0.05, 0.1) is 5.69 Å². The van der Waals surface area contributed by atoms with Gasteiger partial charge in [-0.2, -0.15) is 5.10 Å². The van der Waals surface area contributed by atoms with E-state index < -0.39 is 0 Å². The summed E-state index contributed by atoms with van der Waals surface area (Å²) in [5, 5.41) is 4.55. The highest BCUT2D eigenvalue weighted by Crippen LogP contribution is 2.21. The number of nitrogens with two attached hydrogens (primary N) is 1. The minimum absolute atomic E-state index is 0.123. The quantitative estimate of drug-likeness (QED) is 0.881. The smallest absolute Gasteiger partial charge is 0.123 e. The lowest BCUT2D eigenvalue weighted by Gasteiger charge is -2.16. The summed E-state index contributed by atoms with van der Waals surface area (Å²) in [5.74, 6) is -0.0865. The van der Waals surface area contributed by atoms with E-state index in [9.17, 15) is 4.39 Å². The summed E-state index contributed by atoms with van der Waals surface area (Å²) in [6.07, 6.45) is 1.72. The molecule has 0 aliphatic carbocycles. The number of aryl methyl sites for hydroxylation is 2. The molecule has 0 spiro atoms. The molecule has 1 aromatic carbocycles. The Hall–Kier alpha value is -1.68. The lowest BCUT2D eigenvalue weighted by atomic mass is 9.94. The first-order chi connectivity index (χ1) is 9.67. The van der Waals surface area contributed by atoms with E-state index >= 15 is 0 Å². The third-order valence-electron chi connectivity index (χ3n) is 3.64. The van der Waals surface area contributed by atoms with Crippen molar-refractivity contribution in [3.8, 4) is 0 Å². The van der Waals surface area contributed by atoms with Crippen molar-refractivity contribution in [2.24, 2.45) is 5.73 Å². The highest BCUT2D eigenvalue weighted by atomic mass is 19.1. The van der Waals surface area contributed by atoms with Crippen LogP contribution in [0, 0.1) is 5.82 Å². The maximum atomic E-state index is 13.3. The topological polar surface area (TPSA) is 43.8 Å². The van der Waals surface area contributed by atoms with Gasteiger partial charge in [-0.25, -0.2) is 4.39 Å². The van der Waals surface area contributed by atoms with E-state index in [2.05, 4.69) is 25.0 Å². The van der Waals surface area contributed by atoms with Crippen LogP contribution in [-0.2, 0) is 19.4 Å². The fourth-order valence-corrected chi connectivity index (χ4v) is 2.48. The maximum Gasteiger partial charge on any atom is 0.123 e. The minimum atomic E-state index is -0.209. The zero-order valence-corrected chi connectivity index (χ0v) is 12.1. The van der Waals surface area contributed by atoms with E-state index in [4.69, 9.17) is 5.73 Å². The van der Waals surface area contributed by atoms with E-state index in [1.165, 1.54) is 11.8 Å². The Morgan fingerprint density at radius 1 is 1.30 bits per heavy atom. The molecule has 0 bridgehead atoms. The maximum absolute atomic E-state index is 13.3. The Morgan fingerprint density at radius 3 is 2.70 bits per heavy atom. The molecule has 108 valence electrons. The number of hydrogen-bond acceptors (Lipinski definition) is 2. The van der Waals surface area contributed by atoms with Gasteiger partial charge in [0, 0.05) is 18.2 Å². The van der Waals surface area contributed by atoms with Crippen LogP contribution < -0.4 is 5.73 Å². The molecule has 0 radical (unpaired) electrons. The van der Waals surface area contributed by atoms with Crippen LogP contribution in [0.3, 0.4) is 0 Å². The SMILES string of the molecule is CCc1cc(CC(CN)c2cccc(F)c2)n(CC)n1. The summed E-state index contributed by atoms with van der Waals surface area (Å²) < 4.78 is 15.4. The van der Waals surface area contributed by atoms with Crippen LogP contribution in [0.4, 0.5) is 4.39 Å². The summed E-state index contributed by atoms with van der Waals surface area (Å²) in [4.78, 5) is 0. The third-order valence-corrected chi connectivity index (χ3v) is 3.64. The summed E-state index contributed by atoms with van der Waals surface area (Å²) in [5.41, 5.74) is 9.10. The molecular weight excluding hydrogens is 253 g/mol. The highest BCUT2D eigenvalue weighted by Gasteiger charge is 2.15. The van der Waals surface area contributed by atoms with Crippen molar-refractivity contribution >= 4 is 0 Å². The molecule has 1 unspecified atom stereocenters. The van der Waals surface area contributed by atoms with Crippen molar-refractivity contribution in [1.82, 2.24) is 9.78 Å². The molecule has 1 heterocycles. The van der Waals surface area contributed by atoms with Crippen LogP contribution in [0.15, 0.2) is 30.3 Å². The fraction of sp³-hybridized carbons (Fsp3) is 0.438. The average molecular weight is 275 g/mol. The van der Waals surface area contributed by atoms with E-state index in [1.54, 1.807) is 12.1 Å². The van der Waals surface area contributed by atoms with Gasteiger partial charge >= 0.3 is 0 Å². The number of hydrogen-bond donors (Lipinski definition) is 1. The van der Waals surface area contributed by atoms with Gasteiger partial charge in [-0.1, -0.05) is 19.1 Å². The van der Waals surface area contributed by atoms with E-state index in [1.807, 2.05) is 10.7 Å². The number of benzene rings is 1. The first-order valence-electron chi connectivity index (χ1n) is 7.19. The molecule has 0 amide bonds. The first-order valence-corrected chi connectivity index (χ1v) is 7.19. The average Bonchev–Trinajstić information content (AvgIpc) is 2.87. The predicted molar refractivity (Wildman–Crippen MR) is 79.2 cm³/mol. The molecule has 4 heteroatoms. The Morgan fingerprint density at radius 2 is 2.10 bits per heavy atom. The molecule has 0 aliphatic heterocycles. The van der Waals surface area contributed by atoms with Crippen LogP contribution in [0.5, 0.6) is 0 Å². The zero-order chi connectivity index (χ0) is 14.5. The number of nitrogens with zero attached hydrogens (tertiary/aromatic N) is 2. The Balaban J connectivity index is 2.24. The van der Waals surface area contributed by atoms with Gasteiger partial charge in [-0.3, -0.25) is 4.68 Å². The normalized spacial score (nSPS) is 12.6. The van der Waals surface area contributed by atoms with Gasteiger partial charge in [0.15, 0.2) is 0 Å². The summed E-state index contributed by atoms with van der Waals surface area (Å²) >= 11 is 0. The molecule has 0 aliphatic rings. The standard InChI is InChI=1S/C16H22FN3/c1-3-15-10-16(20(4-2)19-15)9-13(11-18)12-6-5-7-14(17)8-12/h5-8,10,13H,3-4,9,11,18H2,1-2H3. The van der Waals surface area contributed by atoms with Gasteiger partial charge in [0.2, 0.25) is 0 Å². The summed E-state index contributed by atoms with van der Waals surface area (Å²) in [6, 6.07) is 8.84. The molecule has 2 N–H and O–H groups in total. The molecule has 0 fully saturated rings. The Labute approximate surface area is 119 Å². The molecule has 0 saturated heterocycles. The summed E-state index contributed by atoms with van der Waals surface area (Å²) in [6.45, 7) is 5.52. The molecule has 1 atom stereocenters. The Bertz CT molecular complexity index is 563. The zero-order valence-electron chi connectivity index (χ0n) is 12.1. The van der Waals surface area contributed by atoms with Crippen LogP contribution in [0.1, 0.15) is 36.7 Å². The van der Waals surface area contributed by atoms with E-state index in [-0.39, 0.29) is 11.7 Å². The fourth-order valence-electron chi connectivity index (χ4n) is 2.48. The minimum Gasteiger partial charge on any atom is -0.330 e. The van der Waals surface area contributed by atoms with Crippen LogP contribution in [0.2, 0.25) is 0 Å². The lowest BCUT2D eigenvalue weighted by molar-refractivity contribution is 0.576. The van der Waals surface area contributed by atoms with Crippen molar-refractivity contribution in [1.29, 1.82) is 0 Å². The van der Waals surface area contributed by atoms with Gasteiger partial charge < -0.3 is 5.73 Å².